The second-order valence-corrected chi connectivity index (χ2v) is 20.1. The van der Waals surface area contributed by atoms with Crippen LogP contribution in [-0.4, -0.2) is 52.8 Å². The number of carboxylic acid groups (broad SMARTS) is 1. The second-order valence-electron chi connectivity index (χ2n) is 10.1. The Hall–Kier alpha value is -0.376. The van der Waals surface area contributed by atoms with E-state index in [2.05, 4.69) is 49.9 Å². The van der Waals surface area contributed by atoms with Gasteiger partial charge in [-0.05, 0) is 44.6 Å². The predicted octanol–water partition coefficient (Wildman–Crippen LogP) is 4.74. The number of rotatable bonds is 11. The molecule has 0 heterocycles. The van der Waals surface area contributed by atoms with Gasteiger partial charge in [0.2, 0.25) is 0 Å². The lowest BCUT2D eigenvalue weighted by Gasteiger charge is -2.36. The van der Waals surface area contributed by atoms with E-state index >= 15 is 0 Å². The van der Waals surface area contributed by atoms with Crippen molar-refractivity contribution >= 4 is 22.5 Å². The fourth-order valence-corrected chi connectivity index (χ4v) is 5.74. The predicted molar refractivity (Wildman–Crippen MR) is 115 cm³/mol. The lowest BCUT2D eigenvalue weighted by atomic mass is 9.83. The molecule has 1 rings (SSSR count). The summed E-state index contributed by atoms with van der Waals surface area (Å²) in [5.41, 5.74) is 0. The van der Waals surface area contributed by atoms with Gasteiger partial charge in [0.15, 0.2) is 8.32 Å². The van der Waals surface area contributed by atoms with Gasteiger partial charge in [0.05, 0.1) is 6.10 Å². The van der Waals surface area contributed by atoms with Gasteiger partial charge in [-0.15, -0.1) is 0 Å². The van der Waals surface area contributed by atoms with Crippen molar-refractivity contribution in [2.75, 3.05) is 13.1 Å². The van der Waals surface area contributed by atoms with E-state index in [0.29, 0.717) is 6.54 Å². The van der Waals surface area contributed by atoms with Crippen LogP contribution in [0.5, 0.6) is 0 Å². The molecule has 0 spiro atoms. The highest BCUT2D eigenvalue weighted by molar-refractivity contribution is 6.76. The highest BCUT2D eigenvalue weighted by Crippen LogP contribution is 2.29. The molecule has 26 heavy (non-hydrogen) atoms. The van der Waals surface area contributed by atoms with E-state index in [-0.39, 0.29) is 12.1 Å². The molecule has 1 aliphatic rings. The summed E-state index contributed by atoms with van der Waals surface area (Å²) in [6, 6.07) is 1.47. The Kier molecular flexibility index (Phi) is 9.86. The number of amides is 1. The van der Waals surface area contributed by atoms with E-state index in [9.17, 15) is 4.79 Å². The van der Waals surface area contributed by atoms with Crippen LogP contribution in [0.2, 0.25) is 45.3 Å². The maximum Gasteiger partial charge on any atom is 0.404 e. The van der Waals surface area contributed by atoms with E-state index in [4.69, 9.17) is 9.53 Å². The summed E-state index contributed by atoms with van der Waals surface area (Å²) in [5.74, 6) is 0.741. The van der Waals surface area contributed by atoms with Crippen molar-refractivity contribution in [3.05, 3.63) is 0 Å². The zero-order valence-electron chi connectivity index (χ0n) is 17.9. The van der Waals surface area contributed by atoms with Crippen LogP contribution in [0.25, 0.3) is 0 Å². The SMILES string of the molecule is C[Si](C)(C)CCN[C@@H](CC1CCCCC1)C(CNC(=O)O)O[Si](C)(C)C. The van der Waals surface area contributed by atoms with Crippen molar-refractivity contribution in [1.29, 1.82) is 0 Å². The third kappa shape index (κ3) is 11.4. The zero-order chi connectivity index (χ0) is 19.8. The minimum atomic E-state index is -1.76. The molecule has 1 aliphatic carbocycles. The Bertz CT molecular complexity index is 416. The quantitative estimate of drug-likeness (QED) is 0.436. The first-order valence-corrected chi connectivity index (χ1v) is 17.5. The van der Waals surface area contributed by atoms with Gasteiger partial charge in [-0.2, -0.15) is 0 Å². The van der Waals surface area contributed by atoms with Crippen molar-refractivity contribution in [1.82, 2.24) is 10.6 Å². The molecule has 0 aromatic carbocycles. The molecule has 0 radical (unpaired) electrons. The number of hydrogen-bond acceptors (Lipinski definition) is 3. The first-order valence-electron chi connectivity index (χ1n) is 10.3. The topological polar surface area (TPSA) is 70.6 Å². The van der Waals surface area contributed by atoms with E-state index in [1.165, 1.54) is 38.1 Å². The Morgan fingerprint density at radius 3 is 2.23 bits per heavy atom. The average Bonchev–Trinajstić information content (AvgIpc) is 2.49. The molecule has 0 saturated heterocycles. The summed E-state index contributed by atoms with van der Waals surface area (Å²) in [6.07, 6.45) is 6.69. The van der Waals surface area contributed by atoms with E-state index in [0.717, 1.165) is 18.9 Å². The minimum absolute atomic E-state index is 0.0821. The molecular formula is C19H42N2O3Si2. The smallest absolute Gasteiger partial charge is 0.404 e. The van der Waals surface area contributed by atoms with Gasteiger partial charge in [-0.25, -0.2) is 4.79 Å². The first kappa shape index (κ1) is 23.7. The van der Waals surface area contributed by atoms with Gasteiger partial charge in [0.1, 0.15) is 0 Å². The van der Waals surface area contributed by atoms with Crippen LogP contribution < -0.4 is 10.6 Å². The molecule has 0 aromatic heterocycles. The van der Waals surface area contributed by atoms with Crippen LogP contribution >= 0.6 is 0 Å². The average molecular weight is 403 g/mol. The van der Waals surface area contributed by atoms with Crippen LogP contribution in [0.3, 0.4) is 0 Å². The minimum Gasteiger partial charge on any atom is -0.465 e. The van der Waals surface area contributed by atoms with Crippen LogP contribution in [-0.2, 0) is 4.43 Å². The Morgan fingerprint density at radius 1 is 1.12 bits per heavy atom. The normalized spacial score (nSPS) is 19.2. The Balaban J connectivity index is 2.80. The van der Waals surface area contributed by atoms with E-state index in [1.54, 1.807) is 0 Å². The Morgan fingerprint density at radius 2 is 1.73 bits per heavy atom. The van der Waals surface area contributed by atoms with Crippen LogP contribution in [0, 0.1) is 5.92 Å². The summed E-state index contributed by atoms with van der Waals surface area (Å²) >= 11 is 0. The van der Waals surface area contributed by atoms with Crippen molar-refractivity contribution in [2.24, 2.45) is 5.92 Å². The number of carbonyl (C=O) groups is 1. The van der Waals surface area contributed by atoms with Gasteiger partial charge in [-0.1, -0.05) is 51.7 Å². The highest BCUT2D eigenvalue weighted by atomic mass is 28.4. The molecule has 154 valence electrons. The summed E-state index contributed by atoms with van der Waals surface area (Å²) in [6.45, 7) is 15.1. The van der Waals surface area contributed by atoms with Gasteiger partial charge < -0.3 is 20.2 Å². The van der Waals surface area contributed by atoms with Crippen molar-refractivity contribution in [3.63, 3.8) is 0 Å². The monoisotopic (exact) mass is 402 g/mol. The third-order valence-corrected chi connectivity index (χ3v) is 7.76. The molecular weight excluding hydrogens is 360 g/mol. The molecule has 7 heteroatoms. The molecule has 1 amide bonds. The van der Waals surface area contributed by atoms with Crippen LogP contribution in [0.15, 0.2) is 0 Å². The van der Waals surface area contributed by atoms with Gasteiger partial charge in [0.25, 0.3) is 0 Å². The molecule has 0 aromatic rings. The molecule has 3 N–H and O–H groups in total. The highest BCUT2D eigenvalue weighted by Gasteiger charge is 2.31. The van der Waals surface area contributed by atoms with Gasteiger partial charge in [0, 0.05) is 20.7 Å². The number of hydrogen-bond donors (Lipinski definition) is 3. The third-order valence-electron chi connectivity index (χ3n) is 5.00. The zero-order valence-corrected chi connectivity index (χ0v) is 19.9. The van der Waals surface area contributed by atoms with Gasteiger partial charge >= 0.3 is 6.09 Å². The summed E-state index contributed by atoms with van der Waals surface area (Å²) in [4.78, 5) is 11.1. The second kappa shape index (κ2) is 10.8. The first-order chi connectivity index (χ1) is 12.0. The van der Waals surface area contributed by atoms with E-state index in [1.807, 2.05) is 0 Å². The molecule has 2 atom stereocenters. The summed E-state index contributed by atoms with van der Waals surface area (Å²) < 4.78 is 6.44. The maximum absolute atomic E-state index is 11.1. The fourth-order valence-electron chi connectivity index (χ4n) is 3.69. The van der Waals surface area contributed by atoms with Crippen LogP contribution in [0.1, 0.15) is 38.5 Å². The maximum atomic E-state index is 11.1. The van der Waals surface area contributed by atoms with E-state index < -0.39 is 22.5 Å². The standard InChI is InChI=1S/C19H42N2O3Si2/c1-25(2,3)13-12-20-17(14-16-10-8-7-9-11-16)18(15-21-19(22)23)24-26(4,5)6/h16-18,20-21H,7-15H2,1-6H3,(H,22,23)/t17-,18?/m0/s1. The summed E-state index contributed by atoms with van der Waals surface area (Å²) in [5, 5.41) is 15.4. The Labute approximate surface area is 162 Å². The molecule has 0 aliphatic heterocycles. The van der Waals surface area contributed by atoms with Crippen molar-refractivity contribution < 1.29 is 14.3 Å². The lowest BCUT2D eigenvalue weighted by molar-refractivity contribution is 0.119. The molecule has 5 nitrogen and oxygen atoms in total. The molecule has 1 unspecified atom stereocenters. The lowest BCUT2D eigenvalue weighted by Crippen LogP contribution is -2.52. The van der Waals surface area contributed by atoms with Crippen molar-refractivity contribution in [3.8, 4) is 0 Å². The number of nitrogens with one attached hydrogen (secondary N) is 2. The largest absolute Gasteiger partial charge is 0.465 e. The van der Waals surface area contributed by atoms with Gasteiger partial charge in [-0.3, -0.25) is 0 Å². The van der Waals surface area contributed by atoms with Crippen LogP contribution in [0.4, 0.5) is 4.79 Å². The fraction of sp³-hybridized carbons (Fsp3) is 0.947. The molecule has 1 saturated carbocycles. The molecule has 0 bridgehead atoms. The molecule has 1 fully saturated rings. The van der Waals surface area contributed by atoms with Crippen molar-refractivity contribution in [2.45, 2.75) is 96.0 Å². The summed E-state index contributed by atoms with van der Waals surface area (Å²) in [7, 11) is -2.86.